The predicted octanol–water partition coefficient (Wildman–Crippen LogP) is 4.05. The fourth-order valence-corrected chi connectivity index (χ4v) is 3.00. The number of alkyl halides is 3. The highest BCUT2D eigenvalue weighted by molar-refractivity contribution is 6.35. The van der Waals surface area contributed by atoms with Gasteiger partial charge in [0.2, 0.25) is 5.84 Å². The average molecular weight is 391 g/mol. The molecule has 5 nitrogen and oxygen atoms in total. The zero-order valence-electron chi connectivity index (χ0n) is 15.3. The number of nitrogens with one attached hydrogen (secondary N) is 1. The molecule has 0 aliphatic carbocycles. The standard InChI is InChI=1S/C20H20F3N3O2/c1-2-28-19(27)18(26-11-10-14-6-3-4-7-15(14)13-26)25-24-17-9-5-8-16(12-17)20(21,22)23/h3-9,12,24H,2,10-11,13H2,1H3/b25-18+. The summed E-state index contributed by atoms with van der Waals surface area (Å²) < 4.78 is 43.7. The van der Waals surface area contributed by atoms with Crippen LogP contribution in [0.15, 0.2) is 53.6 Å². The molecule has 3 rings (SSSR count). The summed E-state index contributed by atoms with van der Waals surface area (Å²) in [4.78, 5) is 14.2. The van der Waals surface area contributed by atoms with E-state index in [1.807, 2.05) is 24.3 Å². The average Bonchev–Trinajstić information content (AvgIpc) is 2.68. The van der Waals surface area contributed by atoms with Crippen molar-refractivity contribution in [3.05, 3.63) is 65.2 Å². The van der Waals surface area contributed by atoms with Crippen LogP contribution in [0.25, 0.3) is 0 Å². The van der Waals surface area contributed by atoms with Gasteiger partial charge in [0.1, 0.15) is 0 Å². The summed E-state index contributed by atoms with van der Waals surface area (Å²) in [5, 5.41) is 4.08. The van der Waals surface area contributed by atoms with Crippen LogP contribution in [0.1, 0.15) is 23.6 Å². The van der Waals surface area contributed by atoms with E-state index in [1.54, 1.807) is 11.8 Å². The summed E-state index contributed by atoms with van der Waals surface area (Å²) in [6, 6.07) is 12.5. The Morgan fingerprint density at radius 2 is 1.93 bits per heavy atom. The number of hydrazone groups is 1. The second-order valence-corrected chi connectivity index (χ2v) is 6.29. The molecule has 2 aromatic rings. The number of anilines is 1. The molecule has 0 aromatic heterocycles. The molecule has 148 valence electrons. The summed E-state index contributed by atoms with van der Waals surface area (Å²) in [5.74, 6) is -0.588. The fourth-order valence-electron chi connectivity index (χ4n) is 3.00. The molecule has 1 aliphatic rings. The Kier molecular flexibility index (Phi) is 5.87. The van der Waals surface area contributed by atoms with Gasteiger partial charge in [-0.05, 0) is 42.7 Å². The molecule has 1 heterocycles. The molecular formula is C20H20F3N3O2. The third kappa shape index (κ3) is 4.62. The number of rotatable bonds is 3. The predicted molar refractivity (Wildman–Crippen MR) is 99.7 cm³/mol. The van der Waals surface area contributed by atoms with Gasteiger partial charge in [-0.25, -0.2) is 4.79 Å². The topological polar surface area (TPSA) is 53.9 Å². The van der Waals surface area contributed by atoms with Crippen molar-refractivity contribution in [3.63, 3.8) is 0 Å². The molecular weight excluding hydrogens is 371 g/mol. The van der Waals surface area contributed by atoms with Crippen molar-refractivity contribution in [1.82, 2.24) is 4.90 Å². The first-order chi connectivity index (χ1) is 13.4. The SMILES string of the molecule is CCOC(=O)/C(=N\Nc1cccc(C(F)(F)F)c1)N1CCc2ccccc2C1. The van der Waals surface area contributed by atoms with E-state index in [4.69, 9.17) is 4.74 Å². The van der Waals surface area contributed by atoms with E-state index in [2.05, 4.69) is 10.5 Å². The van der Waals surface area contributed by atoms with Crippen LogP contribution in [0.3, 0.4) is 0 Å². The molecule has 2 aromatic carbocycles. The molecule has 0 unspecified atom stereocenters. The number of carbonyl (C=O) groups is 1. The van der Waals surface area contributed by atoms with Crippen molar-refractivity contribution in [3.8, 4) is 0 Å². The van der Waals surface area contributed by atoms with E-state index in [1.165, 1.54) is 17.7 Å². The molecule has 0 spiro atoms. The molecule has 0 saturated carbocycles. The van der Waals surface area contributed by atoms with Crippen molar-refractivity contribution in [2.24, 2.45) is 5.10 Å². The zero-order chi connectivity index (χ0) is 20.1. The largest absolute Gasteiger partial charge is 0.460 e. The molecule has 0 atom stereocenters. The first kappa shape index (κ1) is 19.7. The van der Waals surface area contributed by atoms with Crippen LogP contribution < -0.4 is 5.43 Å². The van der Waals surface area contributed by atoms with Gasteiger partial charge in [0.15, 0.2) is 0 Å². The number of fused-ring (bicyclic) bond motifs is 1. The lowest BCUT2D eigenvalue weighted by Crippen LogP contribution is -2.41. The van der Waals surface area contributed by atoms with Crippen molar-refractivity contribution in [2.45, 2.75) is 26.1 Å². The van der Waals surface area contributed by atoms with Crippen LogP contribution in [0.5, 0.6) is 0 Å². The van der Waals surface area contributed by atoms with Crippen molar-refractivity contribution < 1.29 is 22.7 Å². The molecule has 8 heteroatoms. The van der Waals surface area contributed by atoms with E-state index in [0.29, 0.717) is 13.1 Å². The molecule has 0 amide bonds. The minimum absolute atomic E-state index is 0.0359. The maximum absolute atomic E-state index is 12.9. The van der Waals surface area contributed by atoms with Gasteiger partial charge in [0.25, 0.3) is 0 Å². The van der Waals surface area contributed by atoms with Crippen molar-refractivity contribution in [1.29, 1.82) is 0 Å². The van der Waals surface area contributed by atoms with E-state index in [-0.39, 0.29) is 18.1 Å². The number of carbonyl (C=O) groups excluding carboxylic acids is 1. The highest BCUT2D eigenvalue weighted by Crippen LogP contribution is 2.30. The van der Waals surface area contributed by atoms with Crippen LogP contribution in [-0.2, 0) is 28.7 Å². The minimum Gasteiger partial charge on any atom is -0.460 e. The molecule has 0 bridgehead atoms. The first-order valence-electron chi connectivity index (χ1n) is 8.88. The molecule has 0 radical (unpaired) electrons. The number of hydrogen-bond donors (Lipinski definition) is 1. The Labute approximate surface area is 160 Å². The van der Waals surface area contributed by atoms with E-state index in [0.717, 1.165) is 24.1 Å². The first-order valence-corrected chi connectivity index (χ1v) is 8.88. The summed E-state index contributed by atoms with van der Waals surface area (Å²) in [6.07, 6.45) is -3.72. The Morgan fingerprint density at radius 3 is 2.64 bits per heavy atom. The number of hydrogen-bond acceptors (Lipinski definition) is 4. The Bertz CT molecular complexity index is 881. The van der Waals surface area contributed by atoms with Gasteiger partial charge in [-0.1, -0.05) is 30.3 Å². The Balaban J connectivity index is 1.84. The quantitative estimate of drug-likeness (QED) is 0.371. The number of halogens is 3. The summed E-state index contributed by atoms with van der Waals surface area (Å²) >= 11 is 0. The van der Waals surface area contributed by atoms with Gasteiger partial charge in [-0.2, -0.15) is 13.2 Å². The van der Waals surface area contributed by atoms with Crippen LogP contribution in [0.2, 0.25) is 0 Å². The van der Waals surface area contributed by atoms with E-state index >= 15 is 0 Å². The van der Waals surface area contributed by atoms with Crippen LogP contribution >= 0.6 is 0 Å². The molecule has 1 N–H and O–H groups in total. The van der Waals surface area contributed by atoms with Gasteiger partial charge in [0.05, 0.1) is 17.9 Å². The summed E-state index contributed by atoms with van der Waals surface area (Å²) in [6.45, 7) is 2.88. The van der Waals surface area contributed by atoms with Crippen LogP contribution in [0.4, 0.5) is 18.9 Å². The van der Waals surface area contributed by atoms with Gasteiger partial charge in [0, 0.05) is 13.1 Å². The number of esters is 1. The maximum atomic E-state index is 12.9. The lowest BCUT2D eigenvalue weighted by atomic mass is 10.00. The fraction of sp³-hybridized carbons (Fsp3) is 0.300. The van der Waals surface area contributed by atoms with Crippen LogP contribution in [0, 0.1) is 0 Å². The Hall–Kier alpha value is -3.03. The van der Waals surface area contributed by atoms with E-state index in [9.17, 15) is 18.0 Å². The zero-order valence-corrected chi connectivity index (χ0v) is 15.3. The molecule has 1 aliphatic heterocycles. The van der Waals surface area contributed by atoms with Gasteiger partial charge in [-0.3, -0.25) is 5.43 Å². The normalized spacial score (nSPS) is 14.4. The highest BCUT2D eigenvalue weighted by Gasteiger charge is 2.30. The van der Waals surface area contributed by atoms with Crippen molar-refractivity contribution >= 4 is 17.5 Å². The smallest absolute Gasteiger partial charge is 0.416 e. The van der Waals surface area contributed by atoms with Crippen molar-refractivity contribution in [2.75, 3.05) is 18.6 Å². The summed E-state index contributed by atoms with van der Waals surface area (Å²) in [7, 11) is 0. The van der Waals surface area contributed by atoms with E-state index < -0.39 is 17.7 Å². The lowest BCUT2D eigenvalue weighted by Gasteiger charge is -2.30. The monoisotopic (exact) mass is 391 g/mol. The highest BCUT2D eigenvalue weighted by atomic mass is 19.4. The minimum atomic E-state index is -4.46. The second-order valence-electron chi connectivity index (χ2n) is 6.29. The number of ether oxygens (including phenoxy) is 1. The Morgan fingerprint density at radius 1 is 1.18 bits per heavy atom. The van der Waals surface area contributed by atoms with Gasteiger partial charge in [-0.15, -0.1) is 5.10 Å². The van der Waals surface area contributed by atoms with Gasteiger partial charge < -0.3 is 9.64 Å². The molecule has 0 fully saturated rings. The van der Waals surface area contributed by atoms with Gasteiger partial charge >= 0.3 is 12.1 Å². The second kappa shape index (κ2) is 8.33. The number of nitrogens with zero attached hydrogens (tertiary/aromatic N) is 2. The third-order valence-corrected chi connectivity index (χ3v) is 4.37. The number of benzene rings is 2. The lowest BCUT2D eigenvalue weighted by molar-refractivity contribution is -0.138. The number of amidine groups is 1. The molecule has 28 heavy (non-hydrogen) atoms. The molecule has 0 saturated heterocycles. The third-order valence-electron chi connectivity index (χ3n) is 4.37. The summed E-state index contributed by atoms with van der Waals surface area (Å²) in [5.41, 5.74) is 4.18. The maximum Gasteiger partial charge on any atom is 0.416 e. The van der Waals surface area contributed by atoms with Crippen LogP contribution in [-0.4, -0.2) is 29.9 Å².